The maximum Gasteiger partial charge on any atom is 0.243 e. The fourth-order valence-electron chi connectivity index (χ4n) is 9.39. The van der Waals surface area contributed by atoms with Crippen molar-refractivity contribution in [3.63, 3.8) is 0 Å². The zero-order valence-electron chi connectivity index (χ0n) is 37.4. The van der Waals surface area contributed by atoms with Crippen LogP contribution in [-0.4, -0.2) is 103 Å². The summed E-state index contributed by atoms with van der Waals surface area (Å²) in [4.78, 5) is 85.2. The number of para-hydroxylation sites is 1. The van der Waals surface area contributed by atoms with Crippen molar-refractivity contribution in [2.45, 2.75) is 167 Å². The minimum Gasteiger partial charge on any atom is -0.396 e. The Morgan fingerprint density at radius 2 is 1.54 bits per heavy atom. The predicted octanol–water partition coefficient (Wildman–Crippen LogP) is 6.95. The number of Topliss-reactive ketones (excluding diaryl/α,β-unsaturated/α-hetero) is 2. The van der Waals surface area contributed by atoms with Gasteiger partial charge in [-0.25, -0.2) is 4.68 Å². The Hall–Kier alpha value is -5.24. The lowest BCUT2D eigenvalue weighted by molar-refractivity contribution is -0.139. The highest BCUT2D eigenvalue weighted by Crippen LogP contribution is 2.41. The first-order valence-electron chi connectivity index (χ1n) is 23.6. The van der Waals surface area contributed by atoms with E-state index in [4.69, 9.17) is 5.10 Å². The summed E-state index contributed by atoms with van der Waals surface area (Å²) >= 11 is 0. The first-order chi connectivity index (χ1) is 30.6. The Morgan fingerprint density at radius 3 is 2.32 bits per heavy atom. The van der Waals surface area contributed by atoms with Gasteiger partial charge in [0.1, 0.15) is 17.5 Å². The third-order valence-electron chi connectivity index (χ3n) is 13.0. The lowest BCUT2D eigenvalue weighted by atomic mass is 9.95. The highest BCUT2D eigenvalue weighted by atomic mass is 16.3. The van der Waals surface area contributed by atoms with Gasteiger partial charge in [-0.3, -0.25) is 28.8 Å². The molecule has 4 amide bonds. The molecule has 3 aromatic rings. The van der Waals surface area contributed by atoms with Crippen molar-refractivity contribution in [1.29, 1.82) is 0 Å². The standard InChI is InChI=1S/C49H67N7O7/c1-3-37(58)21-10-14-27-46(62)54-33-35-20-9-11-22-38(35)47-48(39-23-12-13-25-41(39)54)56(52-51-47)30-18-15-24-40(43(59)26-8-6-5-7-19-31-57)50-49(63)42-32-36(34-55(42)44(60)4-2)53-29-17-16-28-45(53)61/h9,11-13,20,22-23,25,36,40,42,57H,3-8,10,14-19,21,24,26-34H2,1-2H3,(H,50,63)/t36-,40?,42?/m1/s1. The summed E-state index contributed by atoms with van der Waals surface area (Å²) in [6.07, 6.45) is 11.4. The highest BCUT2D eigenvalue weighted by Gasteiger charge is 2.43. The van der Waals surface area contributed by atoms with E-state index in [0.29, 0.717) is 103 Å². The average Bonchev–Trinajstić information content (AvgIpc) is 3.93. The number of aliphatic hydroxyl groups is 1. The third kappa shape index (κ3) is 12.1. The molecule has 3 atom stereocenters. The summed E-state index contributed by atoms with van der Waals surface area (Å²) in [6.45, 7) is 5.57. The predicted molar refractivity (Wildman–Crippen MR) is 241 cm³/mol. The smallest absolute Gasteiger partial charge is 0.243 e. The van der Waals surface area contributed by atoms with E-state index in [0.717, 1.165) is 72.3 Å². The van der Waals surface area contributed by atoms with Gasteiger partial charge >= 0.3 is 0 Å². The van der Waals surface area contributed by atoms with E-state index in [1.165, 1.54) is 0 Å². The van der Waals surface area contributed by atoms with Gasteiger partial charge in [-0.05, 0) is 75.8 Å². The van der Waals surface area contributed by atoms with Gasteiger partial charge in [-0.1, -0.05) is 80.8 Å². The number of unbranched alkanes of at least 4 members (excludes halogenated alkanes) is 6. The van der Waals surface area contributed by atoms with Gasteiger partial charge in [0.15, 0.2) is 5.78 Å². The number of likely N-dealkylation sites (tertiary alicyclic amines) is 2. The van der Waals surface area contributed by atoms with Crippen LogP contribution in [-0.2, 0) is 41.9 Å². The molecule has 0 bridgehead atoms. The molecular formula is C49H67N7O7. The number of hydrogen-bond acceptors (Lipinski definition) is 9. The van der Waals surface area contributed by atoms with E-state index in [2.05, 4.69) is 10.5 Å². The molecule has 2 N–H and O–H groups in total. The van der Waals surface area contributed by atoms with E-state index in [-0.39, 0.29) is 54.3 Å². The molecule has 3 aliphatic heterocycles. The molecule has 2 aromatic carbocycles. The van der Waals surface area contributed by atoms with Crippen molar-refractivity contribution < 1.29 is 33.9 Å². The molecule has 0 saturated carbocycles. The monoisotopic (exact) mass is 866 g/mol. The van der Waals surface area contributed by atoms with Crippen molar-refractivity contribution in [1.82, 2.24) is 30.1 Å². The van der Waals surface area contributed by atoms with Crippen LogP contribution >= 0.6 is 0 Å². The number of carbonyl (C=O) groups excluding carboxylic acids is 6. The average molecular weight is 866 g/mol. The second-order valence-electron chi connectivity index (χ2n) is 17.4. The summed E-state index contributed by atoms with van der Waals surface area (Å²) in [5.41, 5.74) is 5.00. The first kappa shape index (κ1) is 47.2. The number of anilines is 1. The quantitative estimate of drug-likeness (QED) is 0.0957. The molecule has 6 rings (SSSR count). The summed E-state index contributed by atoms with van der Waals surface area (Å²) in [5, 5.41) is 21.6. The van der Waals surface area contributed by atoms with E-state index >= 15 is 0 Å². The number of fused-ring (bicyclic) bond motifs is 5. The molecule has 340 valence electrons. The SMILES string of the molecule is CCC(=O)CCCCC(=O)N1Cc2ccccc2-c2nnn(CCCCC(NC(=O)C3C[C@@H](N4CCCCC4=O)CN3C(=O)CC)C(=O)CCCCCCCO)c2-c2ccccc21. The van der Waals surface area contributed by atoms with Crippen molar-refractivity contribution in [2.75, 3.05) is 24.6 Å². The Balaban J connectivity index is 1.18. The number of amides is 4. The van der Waals surface area contributed by atoms with Crippen molar-refractivity contribution >= 4 is 40.9 Å². The van der Waals surface area contributed by atoms with Crippen molar-refractivity contribution in [3.05, 3.63) is 54.1 Å². The number of aliphatic hydroxyl groups excluding tert-OH is 1. The highest BCUT2D eigenvalue weighted by molar-refractivity contribution is 6.00. The second-order valence-corrected chi connectivity index (χ2v) is 17.4. The molecule has 2 unspecified atom stereocenters. The van der Waals surface area contributed by atoms with Crippen LogP contribution < -0.4 is 10.2 Å². The Morgan fingerprint density at radius 1 is 0.810 bits per heavy atom. The molecule has 3 aliphatic rings. The molecule has 2 fully saturated rings. The minimum atomic E-state index is -0.764. The fourth-order valence-corrected chi connectivity index (χ4v) is 9.39. The van der Waals surface area contributed by atoms with Crippen LogP contribution in [0.5, 0.6) is 0 Å². The lowest BCUT2D eigenvalue weighted by Crippen LogP contribution is -2.50. The zero-order valence-corrected chi connectivity index (χ0v) is 37.4. The number of nitrogens with one attached hydrogen (secondary N) is 1. The molecule has 0 radical (unpaired) electrons. The van der Waals surface area contributed by atoms with Gasteiger partial charge in [-0.15, -0.1) is 5.10 Å². The maximum atomic E-state index is 14.1. The Kier molecular flexibility index (Phi) is 17.6. The van der Waals surface area contributed by atoms with E-state index in [1.807, 2.05) is 69.9 Å². The van der Waals surface area contributed by atoms with E-state index < -0.39 is 12.1 Å². The van der Waals surface area contributed by atoms with Gasteiger partial charge in [-0.2, -0.15) is 0 Å². The number of aromatic nitrogens is 3. The Bertz CT molecular complexity index is 2070. The van der Waals surface area contributed by atoms with E-state index in [1.54, 1.807) is 11.8 Å². The van der Waals surface area contributed by atoms with Gasteiger partial charge in [0.25, 0.3) is 0 Å². The summed E-state index contributed by atoms with van der Waals surface area (Å²) < 4.78 is 1.88. The molecule has 1 aromatic heterocycles. The molecule has 14 heteroatoms. The number of ketones is 2. The topological polar surface area (TPSA) is 175 Å². The number of hydrogen-bond donors (Lipinski definition) is 2. The van der Waals surface area contributed by atoms with Gasteiger partial charge < -0.3 is 25.1 Å². The fraction of sp³-hybridized carbons (Fsp3) is 0.592. The van der Waals surface area contributed by atoms with Gasteiger partial charge in [0, 0.05) is 75.9 Å². The zero-order chi connectivity index (χ0) is 44.7. The number of rotatable bonds is 23. The van der Waals surface area contributed by atoms with E-state index in [9.17, 15) is 33.9 Å². The molecule has 0 aliphatic carbocycles. The van der Waals surface area contributed by atoms with Gasteiger partial charge in [0.05, 0.1) is 30.0 Å². The summed E-state index contributed by atoms with van der Waals surface area (Å²) in [6, 6.07) is 14.0. The largest absolute Gasteiger partial charge is 0.396 e. The molecule has 2 saturated heterocycles. The molecule has 4 heterocycles. The summed E-state index contributed by atoms with van der Waals surface area (Å²) in [7, 11) is 0. The number of nitrogens with zero attached hydrogens (tertiary/aromatic N) is 6. The molecular weight excluding hydrogens is 799 g/mol. The van der Waals surface area contributed by atoms with Crippen LogP contribution in [0.1, 0.15) is 141 Å². The van der Waals surface area contributed by atoms with Crippen LogP contribution in [0.25, 0.3) is 22.5 Å². The number of benzene rings is 2. The Labute approximate surface area is 372 Å². The van der Waals surface area contributed by atoms with Crippen molar-refractivity contribution in [2.24, 2.45) is 0 Å². The minimum absolute atomic E-state index is 0.0121. The van der Waals surface area contributed by atoms with Crippen LogP contribution in [0.15, 0.2) is 48.5 Å². The first-order valence-corrected chi connectivity index (χ1v) is 23.6. The summed E-state index contributed by atoms with van der Waals surface area (Å²) in [5.74, 6) is -0.288. The molecule has 0 spiro atoms. The normalized spacial score (nSPS) is 17.6. The van der Waals surface area contributed by atoms with Gasteiger partial charge in [0.2, 0.25) is 23.6 Å². The van der Waals surface area contributed by atoms with Crippen molar-refractivity contribution in [3.8, 4) is 22.5 Å². The lowest BCUT2D eigenvalue weighted by Gasteiger charge is -2.32. The van der Waals surface area contributed by atoms with Crippen LogP contribution in [0.3, 0.4) is 0 Å². The number of aryl methyl sites for hydroxylation is 1. The third-order valence-corrected chi connectivity index (χ3v) is 13.0. The van der Waals surface area contributed by atoms with Crippen LogP contribution in [0.4, 0.5) is 5.69 Å². The van der Waals surface area contributed by atoms with Crippen LogP contribution in [0.2, 0.25) is 0 Å². The molecule has 14 nitrogen and oxygen atoms in total. The maximum absolute atomic E-state index is 14.1. The number of carbonyl (C=O) groups is 6. The van der Waals surface area contributed by atoms with Crippen LogP contribution in [0, 0.1) is 0 Å². The molecule has 63 heavy (non-hydrogen) atoms. The second kappa shape index (κ2) is 23.4. The number of piperidine rings is 1.